The van der Waals surface area contributed by atoms with Crippen LogP contribution in [0.1, 0.15) is 10.5 Å². The number of imidazole rings is 2. The van der Waals surface area contributed by atoms with Crippen molar-refractivity contribution in [2.75, 3.05) is 0 Å². The number of carbonyl (C=O) groups is 1. The third kappa shape index (κ3) is 1.22. The van der Waals surface area contributed by atoms with Crippen molar-refractivity contribution in [3.8, 4) is 0 Å². The lowest BCUT2D eigenvalue weighted by Gasteiger charge is -1.99. The van der Waals surface area contributed by atoms with Crippen LogP contribution in [0.4, 0.5) is 0 Å². The fourth-order valence-electron chi connectivity index (χ4n) is 1.62. The molecule has 0 saturated heterocycles. The molecule has 0 amide bonds. The van der Waals surface area contributed by atoms with Crippen LogP contribution in [-0.4, -0.2) is 25.4 Å². The van der Waals surface area contributed by atoms with E-state index in [2.05, 4.69) is 15.0 Å². The average molecular weight is 212 g/mol. The highest BCUT2D eigenvalue weighted by Gasteiger charge is 2.12. The van der Waals surface area contributed by atoms with Gasteiger partial charge in [-0.25, -0.2) is 9.97 Å². The number of fused-ring (bicyclic) bond motifs is 1. The Bertz CT molecular complexity index is 639. The van der Waals surface area contributed by atoms with Gasteiger partial charge in [-0.15, -0.1) is 0 Å². The quantitative estimate of drug-likeness (QED) is 0.664. The fourth-order valence-corrected chi connectivity index (χ4v) is 1.62. The van der Waals surface area contributed by atoms with Crippen LogP contribution in [0.5, 0.6) is 0 Å². The van der Waals surface area contributed by atoms with Crippen LogP contribution in [0.15, 0.2) is 43.1 Å². The maximum atomic E-state index is 12.0. The predicted octanol–water partition coefficient (Wildman–Crippen LogP) is 1.45. The van der Waals surface area contributed by atoms with Gasteiger partial charge in [-0.05, 0) is 12.1 Å². The Morgan fingerprint density at radius 2 is 2.19 bits per heavy atom. The molecule has 0 fully saturated rings. The Hall–Kier alpha value is -2.43. The summed E-state index contributed by atoms with van der Waals surface area (Å²) in [6.45, 7) is 0. The molecule has 3 rings (SSSR count). The minimum absolute atomic E-state index is 0.161. The summed E-state index contributed by atoms with van der Waals surface area (Å²) in [6.07, 6.45) is 4.50. The minimum atomic E-state index is -0.161. The molecule has 0 saturated carbocycles. The largest absolute Gasteiger partial charge is 0.341 e. The van der Waals surface area contributed by atoms with Crippen LogP contribution in [0.25, 0.3) is 11.0 Å². The van der Waals surface area contributed by atoms with Crippen LogP contribution in [0.3, 0.4) is 0 Å². The third-order valence-corrected chi connectivity index (χ3v) is 2.40. The first-order valence-electron chi connectivity index (χ1n) is 4.81. The summed E-state index contributed by atoms with van der Waals surface area (Å²) in [6, 6.07) is 7.49. The fraction of sp³-hybridized carbons (Fsp3) is 0. The van der Waals surface area contributed by atoms with Crippen molar-refractivity contribution in [3.05, 3.63) is 48.8 Å². The molecule has 5 nitrogen and oxygen atoms in total. The molecule has 78 valence electrons. The Kier molecular flexibility index (Phi) is 1.83. The van der Waals surface area contributed by atoms with Crippen molar-refractivity contribution in [2.45, 2.75) is 0 Å². The zero-order chi connectivity index (χ0) is 11.0. The van der Waals surface area contributed by atoms with Gasteiger partial charge in [-0.3, -0.25) is 9.36 Å². The topological polar surface area (TPSA) is 63.6 Å². The Morgan fingerprint density at radius 1 is 1.31 bits per heavy atom. The van der Waals surface area contributed by atoms with Crippen LogP contribution < -0.4 is 0 Å². The van der Waals surface area contributed by atoms with Crippen LogP contribution in [0.2, 0.25) is 0 Å². The summed E-state index contributed by atoms with van der Waals surface area (Å²) in [5.74, 6) is -0.161. The number of benzene rings is 1. The van der Waals surface area contributed by atoms with Crippen LogP contribution in [-0.2, 0) is 0 Å². The number of hydrogen-bond acceptors (Lipinski definition) is 3. The van der Waals surface area contributed by atoms with Gasteiger partial charge in [0.2, 0.25) is 0 Å². The van der Waals surface area contributed by atoms with E-state index in [0.29, 0.717) is 5.69 Å². The molecule has 0 unspecified atom stereocenters. The Labute approximate surface area is 90.8 Å². The van der Waals surface area contributed by atoms with Gasteiger partial charge in [0.25, 0.3) is 5.91 Å². The number of nitrogens with zero attached hydrogens (tertiary/aromatic N) is 3. The van der Waals surface area contributed by atoms with E-state index in [4.69, 9.17) is 0 Å². The van der Waals surface area contributed by atoms with E-state index < -0.39 is 0 Å². The minimum Gasteiger partial charge on any atom is -0.341 e. The smallest absolute Gasteiger partial charge is 0.281 e. The predicted molar refractivity (Wildman–Crippen MR) is 58.0 cm³/mol. The summed E-state index contributed by atoms with van der Waals surface area (Å²) in [4.78, 5) is 22.8. The number of rotatable bonds is 1. The summed E-state index contributed by atoms with van der Waals surface area (Å²) in [7, 11) is 0. The molecule has 16 heavy (non-hydrogen) atoms. The summed E-state index contributed by atoms with van der Waals surface area (Å²) < 4.78 is 1.50. The maximum absolute atomic E-state index is 12.0. The van der Waals surface area contributed by atoms with Gasteiger partial charge in [0.15, 0.2) is 0 Å². The normalized spacial score (nSPS) is 10.8. The first-order chi connectivity index (χ1) is 7.86. The van der Waals surface area contributed by atoms with E-state index >= 15 is 0 Å². The lowest BCUT2D eigenvalue weighted by molar-refractivity contribution is 0.0960. The average Bonchev–Trinajstić information content (AvgIpc) is 2.98. The first kappa shape index (κ1) is 8.84. The van der Waals surface area contributed by atoms with Crippen molar-refractivity contribution in [1.82, 2.24) is 19.5 Å². The molecule has 1 N–H and O–H groups in total. The second-order valence-corrected chi connectivity index (χ2v) is 3.37. The standard InChI is InChI=1S/C11H8N4O/c16-11(9-5-12-6-13-9)15-7-14-8-3-1-2-4-10(8)15/h1-7H,(H,12,13). The molecule has 0 atom stereocenters. The molecule has 0 aliphatic heterocycles. The lowest BCUT2D eigenvalue weighted by Crippen LogP contribution is -2.10. The van der Waals surface area contributed by atoms with Crippen LogP contribution >= 0.6 is 0 Å². The van der Waals surface area contributed by atoms with E-state index in [1.165, 1.54) is 23.4 Å². The molecular weight excluding hydrogens is 204 g/mol. The molecule has 2 heterocycles. The summed E-state index contributed by atoms with van der Waals surface area (Å²) >= 11 is 0. The molecule has 1 aromatic carbocycles. The monoisotopic (exact) mass is 212 g/mol. The number of carbonyl (C=O) groups excluding carboxylic acids is 1. The molecule has 5 heteroatoms. The summed E-state index contributed by atoms with van der Waals surface area (Å²) in [5, 5.41) is 0. The highest BCUT2D eigenvalue weighted by atomic mass is 16.2. The van der Waals surface area contributed by atoms with E-state index in [-0.39, 0.29) is 5.91 Å². The van der Waals surface area contributed by atoms with Crippen LogP contribution in [0, 0.1) is 0 Å². The van der Waals surface area contributed by atoms with Gasteiger partial charge in [0.1, 0.15) is 12.0 Å². The number of H-pyrrole nitrogens is 1. The SMILES string of the molecule is O=C(c1cnc[nH]1)n1cnc2ccccc21. The highest BCUT2D eigenvalue weighted by Crippen LogP contribution is 2.12. The van der Waals surface area contributed by atoms with Gasteiger partial charge in [-0.2, -0.15) is 0 Å². The van der Waals surface area contributed by atoms with Gasteiger partial charge in [0.05, 0.1) is 23.6 Å². The van der Waals surface area contributed by atoms with E-state index in [1.807, 2.05) is 24.3 Å². The Morgan fingerprint density at radius 3 is 3.00 bits per heavy atom. The number of aromatic amines is 1. The van der Waals surface area contributed by atoms with Gasteiger partial charge >= 0.3 is 0 Å². The van der Waals surface area contributed by atoms with Crippen molar-refractivity contribution in [3.63, 3.8) is 0 Å². The molecule has 0 aliphatic rings. The second kappa shape index (κ2) is 3.30. The van der Waals surface area contributed by atoms with Crippen molar-refractivity contribution in [1.29, 1.82) is 0 Å². The molecule has 0 spiro atoms. The molecule has 0 bridgehead atoms. The number of aromatic nitrogens is 4. The van der Waals surface area contributed by atoms with Crippen molar-refractivity contribution < 1.29 is 4.79 Å². The van der Waals surface area contributed by atoms with Gasteiger partial charge in [-0.1, -0.05) is 12.1 Å². The highest BCUT2D eigenvalue weighted by molar-refractivity contribution is 5.99. The first-order valence-corrected chi connectivity index (χ1v) is 4.81. The number of para-hydroxylation sites is 2. The molecule has 2 aromatic heterocycles. The van der Waals surface area contributed by atoms with Crippen molar-refractivity contribution >= 4 is 16.9 Å². The zero-order valence-corrected chi connectivity index (χ0v) is 8.29. The molecule has 0 aliphatic carbocycles. The number of nitrogens with one attached hydrogen (secondary N) is 1. The van der Waals surface area contributed by atoms with E-state index in [9.17, 15) is 4.79 Å². The Balaban J connectivity index is 2.16. The summed E-state index contributed by atoms with van der Waals surface area (Å²) in [5.41, 5.74) is 2.04. The third-order valence-electron chi connectivity index (χ3n) is 2.40. The van der Waals surface area contributed by atoms with E-state index in [0.717, 1.165) is 11.0 Å². The van der Waals surface area contributed by atoms with Gasteiger partial charge in [0, 0.05) is 0 Å². The van der Waals surface area contributed by atoms with Crippen molar-refractivity contribution in [2.24, 2.45) is 0 Å². The van der Waals surface area contributed by atoms with Gasteiger partial charge < -0.3 is 4.98 Å². The second-order valence-electron chi connectivity index (χ2n) is 3.37. The van der Waals surface area contributed by atoms with E-state index in [1.54, 1.807) is 0 Å². The maximum Gasteiger partial charge on any atom is 0.281 e. The molecular formula is C11H8N4O. The lowest BCUT2D eigenvalue weighted by atomic mass is 10.3. The molecule has 3 aromatic rings. The number of hydrogen-bond donors (Lipinski definition) is 1. The zero-order valence-electron chi connectivity index (χ0n) is 8.29. The molecule has 0 radical (unpaired) electrons.